The minimum Gasteiger partial charge on any atom is -0.389 e. The highest BCUT2D eigenvalue weighted by Crippen LogP contribution is 2.19. The van der Waals surface area contributed by atoms with E-state index in [1.165, 1.54) is 0 Å². The van der Waals surface area contributed by atoms with Gasteiger partial charge < -0.3 is 5.73 Å². The first-order valence-electron chi connectivity index (χ1n) is 5.45. The van der Waals surface area contributed by atoms with E-state index in [-0.39, 0.29) is 0 Å². The molecule has 2 aromatic heterocycles. The maximum Gasteiger partial charge on any atom is 0.154 e. The summed E-state index contributed by atoms with van der Waals surface area (Å²) in [6.07, 6.45) is 3.54. The fourth-order valence-electron chi connectivity index (χ4n) is 1.89. The van der Waals surface area contributed by atoms with Gasteiger partial charge in [-0.15, -0.1) is 0 Å². The number of thiocarbonyl (C=S) groups is 1. The van der Waals surface area contributed by atoms with Crippen LogP contribution in [-0.2, 0) is 0 Å². The topological polar surface area (TPSA) is 56.7 Å². The van der Waals surface area contributed by atoms with E-state index in [2.05, 4.69) is 10.1 Å². The third-order valence-electron chi connectivity index (χ3n) is 2.71. The molecule has 88 valence electrons. The molecule has 0 saturated heterocycles. The molecule has 0 aliphatic heterocycles. The summed E-state index contributed by atoms with van der Waals surface area (Å²) in [7, 11) is 0. The molecule has 0 atom stereocenters. The largest absolute Gasteiger partial charge is 0.389 e. The van der Waals surface area contributed by atoms with Gasteiger partial charge in [0.25, 0.3) is 0 Å². The number of rotatable bonds is 2. The third kappa shape index (κ3) is 1.74. The Morgan fingerprint density at radius 1 is 1.22 bits per heavy atom. The first kappa shape index (κ1) is 10.9. The van der Waals surface area contributed by atoms with Gasteiger partial charge in [0, 0.05) is 23.3 Å². The zero-order chi connectivity index (χ0) is 12.5. The van der Waals surface area contributed by atoms with E-state index in [9.17, 15) is 0 Å². The van der Waals surface area contributed by atoms with Crippen molar-refractivity contribution in [3.8, 4) is 5.82 Å². The normalized spacial score (nSPS) is 10.7. The molecule has 4 nitrogen and oxygen atoms in total. The van der Waals surface area contributed by atoms with Gasteiger partial charge in [-0.25, -0.2) is 9.67 Å². The number of nitrogens with zero attached hydrogens (tertiary/aromatic N) is 3. The molecule has 2 heterocycles. The van der Waals surface area contributed by atoms with Crippen LogP contribution >= 0.6 is 12.2 Å². The summed E-state index contributed by atoms with van der Waals surface area (Å²) in [6.45, 7) is 0. The summed E-state index contributed by atoms with van der Waals surface area (Å²) in [5, 5.41) is 5.12. The van der Waals surface area contributed by atoms with E-state index in [1.807, 2.05) is 42.6 Å². The van der Waals surface area contributed by atoms with Crippen molar-refractivity contribution in [2.45, 2.75) is 0 Å². The highest BCUT2D eigenvalue weighted by atomic mass is 32.1. The Morgan fingerprint density at radius 3 is 2.78 bits per heavy atom. The van der Waals surface area contributed by atoms with Crippen LogP contribution in [0.5, 0.6) is 0 Å². The summed E-state index contributed by atoms with van der Waals surface area (Å²) in [5.74, 6) is 0.710. The molecule has 0 aliphatic carbocycles. The van der Waals surface area contributed by atoms with E-state index in [0.717, 1.165) is 16.5 Å². The van der Waals surface area contributed by atoms with Gasteiger partial charge in [0.2, 0.25) is 0 Å². The van der Waals surface area contributed by atoms with Crippen molar-refractivity contribution in [3.05, 3.63) is 54.4 Å². The molecule has 0 bridgehead atoms. The standard InChI is InChI=1S/C13H10N4S/c14-13(18)10-8-12(17-7-3-6-15-17)16-11-5-2-1-4-9(10)11/h1-8H,(H2,14,18). The molecular formula is C13H10N4S. The molecule has 0 fully saturated rings. The molecule has 18 heavy (non-hydrogen) atoms. The fraction of sp³-hybridized carbons (Fsp3) is 0. The number of hydrogen-bond donors (Lipinski definition) is 1. The first-order valence-corrected chi connectivity index (χ1v) is 5.86. The van der Waals surface area contributed by atoms with Gasteiger partial charge >= 0.3 is 0 Å². The molecule has 5 heteroatoms. The van der Waals surface area contributed by atoms with Gasteiger partial charge in [0.1, 0.15) is 4.99 Å². The molecule has 3 aromatic rings. The maximum atomic E-state index is 5.78. The predicted octanol–water partition coefficient (Wildman–Crippen LogP) is 2.05. The Balaban J connectivity index is 2.33. The van der Waals surface area contributed by atoms with Crippen molar-refractivity contribution >= 4 is 28.1 Å². The fourth-order valence-corrected chi connectivity index (χ4v) is 2.06. The Morgan fingerprint density at radius 2 is 2.06 bits per heavy atom. The smallest absolute Gasteiger partial charge is 0.154 e. The molecule has 0 amide bonds. The number of pyridine rings is 1. The molecule has 0 aliphatic rings. The van der Waals surface area contributed by atoms with Crippen LogP contribution in [0, 0.1) is 0 Å². The summed E-state index contributed by atoms with van der Waals surface area (Å²) >= 11 is 5.10. The van der Waals surface area contributed by atoms with Crippen LogP contribution < -0.4 is 5.73 Å². The van der Waals surface area contributed by atoms with Crippen LogP contribution in [0.3, 0.4) is 0 Å². The van der Waals surface area contributed by atoms with Gasteiger partial charge in [0.05, 0.1) is 5.52 Å². The Kier molecular flexibility index (Phi) is 2.53. The summed E-state index contributed by atoms with van der Waals surface area (Å²) in [4.78, 5) is 4.91. The summed E-state index contributed by atoms with van der Waals surface area (Å²) in [5.41, 5.74) is 7.45. The van der Waals surface area contributed by atoms with Crippen molar-refractivity contribution in [1.29, 1.82) is 0 Å². The average Bonchev–Trinajstić information content (AvgIpc) is 2.91. The SMILES string of the molecule is NC(=S)c1cc(-n2cccn2)nc2ccccc12. The van der Waals surface area contributed by atoms with Crippen LogP contribution in [0.1, 0.15) is 5.56 Å². The molecule has 2 N–H and O–H groups in total. The van der Waals surface area contributed by atoms with Gasteiger partial charge in [-0.3, -0.25) is 0 Å². The van der Waals surface area contributed by atoms with E-state index in [1.54, 1.807) is 10.9 Å². The van der Waals surface area contributed by atoms with Crippen LogP contribution in [0.2, 0.25) is 0 Å². The predicted molar refractivity (Wildman–Crippen MR) is 74.8 cm³/mol. The van der Waals surface area contributed by atoms with E-state index in [4.69, 9.17) is 18.0 Å². The quantitative estimate of drug-likeness (QED) is 0.711. The van der Waals surface area contributed by atoms with Crippen LogP contribution in [0.4, 0.5) is 0 Å². The molecule has 0 radical (unpaired) electrons. The Labute approximate surface area is 109 Å². The second-order valence-corrected chi connectivity index (χ2v) is 4.30. The molecule has 0 spiro atoms. The van der Waals surface area contributed by atoms with Crippen LogP contribution in [-0.4, -0.2) is 19.8 Å². The molecule has 0 unspecified atom stereocenters. The zero-order valence-electron chi connectivity index (χ0n) is 9.45. The lowest BCUT2D eigenvalue weighted by Gasteiger charge is -2.08. The van der Waals surface area contributed by atoms with E-state index < -0.39 is 0 Å². The second-order valence-electron chi connectivity index (χ2n) is 3.86. The number of benzene rings is 1. The number of nitrogens with two attached hydrogens (primary N) is 1. The number of hydrogen-bond acceptors (Lipinski definition) is 3. The maximum absolute atomic E-state index is 5.78. The monoisotopic (exact) mass is 254 g/mol. The highest BCUT2D eigenvalue weighted by molar-refractivity contribution is 7.80. The van der Waals surface area contributed by atoms with Crippen molar-refractivity contribution in [1.82, 2.24) is 14.8 Å². The van der Waals surface area contributed by atoms with E-state index >= 15 is 0 Å². The van der Waals surface area contributed by atoms with Crippen molar-refractivity contribution < 1.29 is 0 Å². The third-order valence-corrected chi connectivity index (χ3v) is 2.93. The molecular weight excluding hydrogens is 244 g/mol. The molecule has 1 aromatic carbocycles. The number of fused-ring (bicyclic) bond motifs is 1. The summed E-state index contributed by atoms with van der Waals surface area (Å²) < 4.78 is 1.69. The van der Waals surface area contributed by atoms with E-state index in [0.29, 0.717) is 10.8 Å². The highest BCUT2D eigenvalue weighted by Gasteiger charge is 2.08. The van der Waals surface area contributed by atoms with Crippen LogP contribution in [0.25, 0.3) is 16.7 Å². The molecule has 0 saturated carbocycles. The lowest BCUT2D eigenvalue weighted by Crippen LogP contribution is -2.12. The van der Waals surface area contributed by atoms with Gasteiger partial charge in [-0.2, -0.15) is 5.10 Å². The number of aromatic nitrogens is 3. The van der Waals surface area contributed by atoms with Crippen molar-refractivity contribution in [2.24, 2.45) is 5.73 Å². The minimum atomic E-state index is 0.363. The lowest BCUT2D eigenvalue weighted by atomic mass is 10.1. The summed E-state index contributed by atoms with van der Waals surface area (Å²) in [6, 6.07) is 11.5. The Hall–Kier alpha value is -2.27. The Bertz CT molecular complexity index is 719. The second kappa shape index (κ2) is 4.19. The van der Waals surface area contributed by atoms with Crippen molar-refractivity contribution in [3.63, 3.8) is 0 Å². The van der Waals surface area contributed by atoms with Gasteiger partial charge in [0.15, 0.2) is 5.82 Å². The molecule has 3 rings (SSSR count). The first-order chi connectivity index (χ1) is 8.75. The van der Waals surface area contributed by atoms with Crippen molar-refractivity contribution in [2.75, 3.05) is 0 Å². The minimum absolute atomic E-state index is 0.363. The zero-order valence-corrected chi connectivity index (χ0v) is 10.3. The number of para-hydroxylation sites is 1. The van der Waals surface area contributed by atoms with Crippen LogP contribution in [0.15, 0.2) is 48.8 Å². The lowest BCUT2D eigenvalue weighted by molar-refractivity contribution is 0.852. The van der Waals surface area contributed by atoms with Gasteiger partial charge in [-0.05, 0) is 18.2 Å². The van der Waals surface area contributed by atoms with Gasteiger partial charge in [-0.1, -0.05) is 30.4 Å². The average molecular weight is 254 g/mol.